The number of thiophene rings is 1. The summed E-state index contributed by atoms with van der Waals surface area (Å²) in [6.07, 6.45) is 0.775. The first kappa shape index (κ1) is 14.6. The zero-order chi connectivity index (χ0) is 14.2. The highest BCUT2D eigenvalue weighted by atomic mass is 32.1. The Morgan fingerprint density at radius 3 is 2.45 bits per heavy atom. The van der Waals surface area contributed by atoms with Crippen molar-refractivity contribution in [2.45, 2.75) is 19.6 Å². The minimum absolute atomic E-state index is 0.0590. The molecule has 0 aliphatic heterocycles. The zero-order valence-corrected chi connectivity index (χ0v) is 12.0. The molecule has 0 unspecified atom stereocenters. The van der Waals surface area contributed by atoms with Crippen molar-refractivity contribution in [3.8, 4) is 0 Å². The molecular formula is C15H18N2O2S. The van der Waals surface area contributed by atoms with Gasteiger partial charge in [0.2, 0.25) is 0 Å². The number of nitrogens with one attached hydrogen (secondary N) is 2. The molecule has 0 bridgehead atoms. The predicted octanol–water partition coefficient (Wildman–Crippen LogP) is 2.28. The Balaban J connectivity index is 1.65. The topological polar surface area (TPSA) is 61.4 Å². The van der Waals surface area contributed by atoms with Gasteiger partial charge in [-0.25, -0.2) is 4.79 Å². The maximum atomic E-state index is 11.6. The van der Waals surface area contributed by atoms with E-state index in [4.69, 9.17) is 5.11 Å². The summed E-state index contributed by atoms with van der Waals surface area (Å²) in [5.74, 6) is 0. The van der Waals surface area contributed by atoms with Gasteiger partial charge in [0.05, 0.1) is 6.61 Å². The van der Waals surface area contributed by atoms with Crippen molar-refractivity contribution in [1.82, 2.24) is 10.6 Å². The first-order valence-electron chi connectivity index (χ1n) is 6.49. The predicted molar refractivity (Wildman–Crippen MR) is 80.6 cm³/mol. The number of rotatable bonds is 6. The van der Waals surface area contributed by atoms with Gasteiger partial charge >= 0.3 is 6.03 Å². The van der Waals surface area contributed by atoms with E-state index in [1.54, 1.807) is 11.3 Å². The highest BCUT2D eigenvalue weighted by molar-refractivity contribution is 7.07. The van der Waals surface area contributed by atoms with Crippen molar-refractivity contribution in [1.29, 1.82) is 0 Å². The Kier molecular flexibility index (Phi) is 5.58. The molecule has 0 radical (unpaired) electrons. The molecule has 0 spiro atoms. The number of carbonyl (C=O) groups excluding carboxylic acids is 1. The van der Waals surface area contributed by atoms with Crippen LogP contribution in [0.3, 0.4) is 0 Å². The van der Waals surface area contributed by atoms with Gasteiger partial charge in [-0.15, -0.1) is 0 Å². The van der Waals surface area contributed by atoms with Gasteiger partial charge in [-0.2, -0.15) is 11.3 Å². The van der Waals surface area contributed by atoms with E-state index in [1.807, 2.05) is 41.1 Å². The van der Waals surface area contributed by atoms with Crippen LogP contribution in [0.15, 0.2) is 41.1 Å². The Bertz CT molecular complexity index is 523. The summed E-state index contributed by atoms with van der Waals surface area (Å²) >= 11 is 1.62. The van der Waals surface area contributed by atoms with Crippen LogP contribution in [-0.2, 0) is 19.6 Å². The normalized spacial score (nSPS) is 10.2. The van der Waals surface area contributed by atoms with E-state index in [2.05, 4.69) is 10.6 Å². The highest BCUT2D eigenvalue weighted by Crippen LogP contribution is 2.05. The average Bonchev–Trinajstić information content (AvgIpc) is 2.99. The van der Waals surface area contributed by atoms with Crippen LogP contribution in [0.25, 0.3) is 0 Å². The number of hydrogen-bond donors (Lipinski definition) is 3. The second-order valence-electron chi connectivity index (χ2n) is 4.47. The number of carbonyl (C=O) groups is 1. The molecule has 0 saturated carbocycles. The summed E-state index contributed by atoms with van der Waals surface area (Å²) in [6.45, 7) is 1.21. The summed E-state index contributed by atoms with van der Waals surface area (Å²) in [4.78, 5) is 11.6. The van der Waals surface area contributed by atoms with Crippen LogP contribution in [0, 0.1) is 0 Å². The fraction of sp³-hybridized carbons (Fsp3) is 0.267. The quantitative estimate of drug-likeness (QED) is 0.764. The molecule has 1 aromatic heterocycles. The molecule has 2 amide bonds. The van der Waals surface area contributed by atoms with Gasteiger partial charge in [-0.05, 0) is 39.9 Å². The van der Waals surface area contributed by atoms with E-state index in [-0.39, 0.29) is 12.6 Å². The summed E-state index contributed by atoms with van der Waals surface area (Å²) in [5, 5.41) is 18.6. The lowest BCUT2D eigenvalue weighted by molar-refractivity contribution is 0.240. The third-order valence-electron chi connectivity index (χ3n) is 2.94. The van der Waals surface area contributed by atoms with E-state index in [0.29, 0.717) is 13.1 Å². The van der Waals surface area contributed by atoms with Crippen LogP contribution in [0.2, 0.25) is 0 Å². The van der Waals surface area contributed by atoms with E-state index in [9.17, 15) is 4.79 Å². The van der Waals surface area contributed by atoms with Crippen LogP contribution in [0.1, 0.15) is 16.7 Å². The molecule has 1 aromatic carbocycles. The fourth-order valence-corrected chi connectivity index (χ4v) is 2.44. The van der Waals surface area contributed by atoms with Crippen LogP contribution in [0.5, 0.6) is 0 Å². The second kappa shape index (κ2) is 7.67. The third-order valence-corrected chi connectivity index (χ3v) is 3.67. The molecule has 0 aliphatic rings. The van der Waals surface area contributed by atoms with Gasteiger partial charge in [0.1, 0.15) is 0 Å². The molecule has 0 fully saturated rings. The minimum Gasteiger partial charge on any atom is -0.392 e. The molecule has 0 aliphatic carbocycles. The van der Waals surface area contributed by atoms with Crippen molar-refractivity contribution in [3.05, 3.63) is 57.8 Å². The van der Waals surface area contributed by atoms with Crippen molar-refractivity contribution in [2.75, 3.05) is 6.54 Å². The summed E-state index contributed by atoms with van der Waals surface area (Å²) in [7, 11) is 0. The maximum absolute atomic E-state index is 11.6. The molecule has 4 nitrogen and oxygen atoms in total. The largest absolute Gasteiger partial charge is 0.392 e. The van der Waals surface area contributed by atoms with E-state index in [1.165, 1.54) is 0 Å². The number of benzene rings is 1. The van der Waals surface area contributed by atoms with E-state index < -0.39 is 0 Å². The van der Waals surface area contributed by atoms with Gasteiger partial charge in [-0.3, -0.25) is 0 Å². The SMILES string of the molecule is O=C(NCCc1ccc(CO)cc1)NCc1ccsc1. The molecule has 1 heterocycles. The Morgan fingerprint density at radius 1 is 1.05 bits per heavy atom. The summed E-state index contributed by atoms with van der Waals surface area (Å²) in [5.41, 5.74) is 3.15. The lowest BCUT2D eigenvalue weighted by Crippen LogP contribution is -2.36. The van der Waals surface area contributed by atoms with Gasteiger partial charge in [0, 0.05) is 13.1 Å². The third kappa shape index (κ3) is 4.68. The van der Waals surface area contributed by atoms with Crippen molar-refractivity contribution in [2.24, 2.45) is 0 Å². The number of aliphatic hydroxyl groups excluding tert-OH is 1. The molecule has 0 atom stereocenters. The Hall–Kier alpha value is -1.85. The monoisotopic (exact) mass is 290 g/mol. The second-order valence-corrected chi connectivity index (χ2v) is 5.25. The zero-order valence-electron chi connectivity index (χ0n) is 11.1. The van der Waals surface area contributed by atoms with Gasteiger partial charge in [0.25, 0.3) is 0 Å². The standard InChI is InChI=1S/C15H18N2O2S/c18-10-13-3-1-12(2-4-13)5-7-16-15(19)17-9-14-6-8-20-11-14/h1-4,6,8,11,18H,5,7,9-10H2,(H2,16,17,19). The molecular weight excluding hydrogens is 272 g/mol. The molecule has 0 saturated heterocycles. The fourth-order valence-electron chi connectivity index (χ4n) is 1.77. The maximum Gasteiger partial charge on any atom is 0.315 e. The summed E-state index contributed by atoms with van der Waals surface area (Å²) in [6, 6.07) is 9.57. The Morgan fingerprint density at radius 2 is 1.80 bits per heavy atom. The number of amides is 2. The van der Waals surface area contributed by atoms with Crippen molar-refractivity contribution < 1.29 is 9.90 Å². The molecule has 106 valence electrons. The van der Waals surface area contributed by atoms with Gasteiger partial charge in [0.15, 0.2) is 0 Å². The smallest absolute Gasteiger partial charge is 0.315 e. The van der Waals surface area contributed by atoms with Crippen molar-refractivity contribution in [3.63, 3.8) is 0 Å². The lowest BCUT2D eigenvalue weighted by Gasteiger charge is -2.07. The van der Waals surface area contributed by atoms with Gasteiger partial charge < -0.3 is 15.7 Å². The first-order valence-corrected chi connectivity index (χ1v) is 7.43. The molecule has 2 rings (SSSR count). The number of hydrogen-bond acceptors (Lipinski definition) is 3. The van der Waals surface area contributed by atoms with Crippen LogP contribution >= 0.6 is 11.3 Å². The molecule has 2 aromatic rings. The Labute approximate surface area is 122 Å². The average molecular weight is 290 g/mol. The minimum atomic E-state index is -0.150. The van der Waals surface area contributed by atoms with Crippen molar-refractivity contribution >= 4 is 17.4 Å². The molecule has 20 heavy (non-hydrogen) atoms. The molecule has 5 heteroatoms. The first-order chi connectivity index (χ1) is 9.78. The lowest BCUT2D eigenvalue weighted by atomic mass is 10.1. The van der Waals surface area contributed by atoms with Gasteiger partial charge in [-0.1, -0.05) is 24.3 Å². The van der Waals surface area contributed by atoms with Crippen LogP contribution in [-0.4, -0.2) is 17.7 Å². The van der Waals surface area contributed by atoms with Crippen LogP contribution in [0.4, 0.5) is 4.79 Å². The number of urea groups is 1. The molecule has 3 N–H and O–H groups in total. The van der Waals surface area contributed by atoms with E-state index >= 15 is 0 Å². The highest BCUT2D eigenvalue weighted by Gasteiger charge is 2.00. The number of aliphatic hydroxyl groups is 1. The van der Waals surface area contributed by atoms with Crippen LogP contribution < -0.4 is 10.6 Å². The van der Waals surface area contributed by atoms with E-state index in [0.717, 1.165) is 23.1 Å². The summed E-state index contributed by atoms with van der Waals surface area (Å²) < 4.78 is 0.